The highest BCUT2D eigenvalue weighted by Crippen LogP contribution is 2.60. The van der Waals surface area contributed by atoms with Crippen molar-refractivity contribution in [2.45, 2.75) is 40.2 Å². The molecule has 1 fully saturated rings. The fourth-order valence-electron chi connectivity index (χ4n) is 3.07. The molecule has 0 heterocycles. The topological polar surface area (TPSA) is 44.8 Å². The van der Waals surface area contributed by atoms with Crippen molar-refractivity contribution in [2.24, 2.45) is 17.3 Å². The first-order valence-electron chi connectivity index (χ1n) is 6.68. The summed E-state index contributed by atoms with van der Waals surface area (Å²) in [6, 6.07) is 0. The molecule has 0 aromatic heterocycles. The van der Waals surface area contributed by atoms with Gasteiger partial charge in [-0.1, -0.05) is 26.0 Å². The van der Waals surface area contributed by atoms with Crippen LogP contribution in [0.15, 0.2) is 12.2 Å². The molecule has 0 saturated heterocycles. The summed E-state index contributed by atoms with van der Waals surface area (Å²) < 4.78 is 28.5. The molecule has 104 valence electrons. The molecule has 2 aliphatic rings. The van der Waals surface area contributed by atoms with E-state index < -0.39 is 7.82 Å². The van der Waals surface area contributed by atoms with E-state index in [0.29, 0.717) is 25.0 Å². The number of hydrogen-bond donors (Lipinski definition) is 0. The van der Waals surface area contributed by atoms with Crippen LogP contribution in [-0.2, 0) is 18.1 Å². The summed E-state index contributed by atoms with van der Waals surface area (Å²) in [5, 5.41) is 0. The lowest BCUT2D eigenvalue weighted by Gasteiger charge is -2.27. The summed E-state index contributed by atoms with van der Waals surface area (Å²) in [6.07, 6.45) is 5.27. The summed E-state index contributed by atoms with van der Waals surface area (Å²) >= 11 is 0. The summed E-state index contributed by atoms with van der Waals surface area (Å²) in [5.74, 6) is 0.806. The molecule has 3 atom stereocenters. The molecule has 1 saturated carbocycles. The molecule has 0 aromatic rings. The van der Waals surface area contributed by atoms with Gasteiger partial charge in [-0.3, -0.25) is 13.6 Å². The molecule has 0 amide bonds. The first-order chi connectivity index (χ1) is 8.43. The Morgan fingerprint density at radius 1 is 1.22 bits per heavy atom. The summed E-state index contributed by atoms with van der Waals surface area (Å²) in [5.41, 5.74) is 0.188. The van der Waals surface area contributed by atoms with Crippen molar-refractivity contribution in [3.8, 4) is 0 Å². The number of allylic oxidation sites excluding steroid dienone is 1. The second-order valence-electron chi connectivity index (χ2n) is 5.50. The van der Waals surface area contributed by atoms with Crippen LogP contribution in [0.3, 0.4) is 0 Å². The third kappa shape index (κ3) is 2.44. The van der Waals surface area contributed by atoms with Gasteiger partial charge < -0.3 is 0 Å². The van der Waals surface area contributed by atoms with Crippen molar-refractivity contribution in [1.29, 1.82) is 0 Å². The van der Waals surface area contributed by atoms with E-state index in [4.69, 9.17) is 13.6 Å². The second kappa shape index (κ2) is 5.09. The van der Waals surface area contributed by atoms with E-state index in [0.717, 1.165) is 6.42 Å². The van der Waals surface area contributed by atoms with Crippen molar-refractivity contribution in [3.05, 3.63) is 12.2 Å². The van der Waals surface area contributed by atoms with Gasteiger partial charge in [0.1, 0.15) is 0 Å². The average molecular weight is 274 g/mol. The Kier molecular flexibility index (Phi) is 4.03. The van der Waals surface area contributed by atoms with Crippen LogP contribution in [0.25, 0.3) is 0 Å². The number of fused-ring (bicyclic) bond motifs is 2. The minimum atomic E-state index is -3.39. The molecule has 0 spiro atoms. The summed E-state index contributed by atoms with van der Waals surface area (Å²) in [7, 11) is -3.39. The SMILES string of the molecule is CCOP(=O)(OCC)OC1CC2C=CC1C2(C)C. The Labute approximate surface area is 109 Å². The monoisotopic (exact) mass is 274 g/mol. The smallest absolute Gasteiger partial charge is 0.287 e. The lowest BCUT2D eigenvalue weighted by molar-refractivity contribution is 0.0644. The molecular formula is C13H23O4P. The van der Waals surface area contributed by atoms with Crippen LogP contribution >= 0.6 is 7.82 Å². The molecule has 0 aromatic carbocycles. The van der Waals surface area contributed by atoms with Gasteiger partial charge in [0, 0.05) is 5.92 Å². The Hall–Kier alpha value is -0.150. The third-order valence-electron chi connectivity index (χ3n) is 4.09. The van der Waals surface area contributed by atoms with Gasteiger partial charge in [0.2, 0.25) is 0 Å². The van der Waals surface area contributed by atoms with Gasteiger partial charge in [-0.05, 0) is 31.6 Å². The molecule has 3 unspecified atom stereocenters. The van der Waals surface area contributed by atoms with E-state index >= 15 is 0 Å². The Bertz CT molecular complexity index is 367. The van der Waals surface area contributed by atoms with Crippen molar-refractivity contribution < 1.29 is 18.1 Å². The van der Waals surface area contributed by atoms with Crippen LogP contribution in [0.5, 0.6) is 0 Å². The minimum Gasteiger partial charge on any atom is -0.287 e. The van der Waals surface area contributed by atoms with E-state index in [1.54, 1.807) is 13.8 Å². The Morgan fingerprint density at radius 2 is 1.83 bits per heavy atom. The van der Waals surface area contributed by atoms with Crippen LogP contribution < -0.4 is 0 Å². The van der Waals surface area contributed by atoms with E-state index in [2.05, 4.69) is 26.0 Å². The van der Waals surface area contributed by atoms with Gasteiger partial charge >= 0.3 is 7.82 Å². The molecule has 5 heteroatoms. The fourth-order valence-corrected chi connectivity index (χ4v) is 4.45. The summed E-state index contributed by atoms with van der Waals surface area (Å²) in [6.45, 7) is 8.71. The predicted molar refractivity (Wildman–Crippen MR) is 70.2 cm³/mol. The van der Waals surface area contributed by atoms with Gasteiger partial charge in [0.05, 0.1) is 19.3 Å². The molecule has 4 nitrogen and oxygen atoms in total. The molecule has 0 aliphatic heterocycles. The van der Waals surface area contributed by atoms with Crippen LogP contribution in [0.4, 0.5) is 0 Å². The van der Waals surface area contributed by atoms with E-state index in [-0.39, 0.29) is 11.5 Å². The quantitative estimate of drug-likeness (QED) is 0.546. The van der Waals surface area contributed by atoms with E-state index in [9.17, 15) is 4.57 Å². The van der Waals surface area contributed by atoms with Crippen molar-refractivity contribution in [3.63, 3.8) is 0 Å². The van der Waals surface area contributed by atoms with E-state index in [1.807, 2.05) is 0 Å². The highest BCUT2D eigenvalue weighted by molar-refractivity contribution is 7.48. The highest BCUT2D eigenvalue weighted by atomic mass is 31.2. The number of rotatable bonds is 6. The number of phosphoric ester groups is 1. The standard InChI is InChI=1S/C13H23O4P/c1-5-15-18(14,16-6-2)17-12-9-10-7-8-11(12)13(10,3)4/h7-8,10-12H,5-6,9H2,1-4H3. The number of phosphoric acid groups is 1. The van der Waals surface area contributed by atoms with Gasteiger partial charge in [-0.25, -0.2) is 4.57 Å². The summed E-state index contributed by atoms with van der Waals surface area (Å²) in [4.78, 5) is 0. The van der Waals surface area contributed by atoms with Crippen LogP contribution in [0.2, 0.25) is 0 Å². The largest absolute Gasteiger partial charge is 0.475 e. The van der Waals surface area contributed by atoms with Crippen molar-refractivity contribution in [1.82, 2.24) is 0 Å². The minimum absolute atomic E-state index is 0.0565. The molecule has 0 radical (unpaired) electrons. The lowest BCUT2D eigenvalue weighted by Crippen LogP contribution is -2.24. The maximum atomic E-state index is 12.4. The van der Waals surface area contributed by atoms with Crippen LogP contribution in [0.1, 0.15) is 34.1 Å². The molecule has 2 rings (SSSR count). The maximum Gasteiger partial charge on any atom is 0.475 e. The van der Waals surface area contributed by atoms with Gasteiger partial charge in [0.25, 0.3) is 0 Å². The molecule has 0 N–H and O–H groups in total. The third-order valence-corrected chi connectivity index (χ3v) is 5.77. The number of hydrogen-bond acceptors (Lipinski definition) is 4. The van der Waals surface area contributed by atoms with E-state index in [1.165, 1.54) is 0 Å². The molecular weight excluding hydrogens is 251 g/mol. The molecule has 18 heavy (non-hydrogen) atoms. The zero-order valence-corrected chi connectivity index (χ0v) is 12.5. The second-order valence-corrected chi connectivity index (χ2v) is 7.12. The van der Waals surface area contributed by atoms with Crippen LogP contribution in [-0.4, -0.2) is 19.3 Å². The zero-order valence-electron chi connectivity index (χ0n) is 11.6. The Morgan fingerprint density at radius 3 is 2.22 bits per heavy atom. The van der Waals surface area contributed by atoms with Gasteiger partial charge in [-0.2, -0.15) is 0 Å². The Balaban J connectivity index is 2.06. The lowest BCUT2D eigenvalue weighted by atomic mass is 9.81. The fraction of sp³-hybridized carbons (Fsp3) is 0.846. The van der Waals surface area contributed by atoms with Crippen molar-refractivity contribution >= 4 is 7.82 Å². The van der Waals surface area contributed by atoms with Gasteiger partial charge in [-0.15, -0.1) is 0 Å². The zero-order chi connectivity index (χ0) is 13.4. The molecule has 2 bridgehead atoms. The van der Waals surface area contributed by atoms with Gasteiger partial charge in [0.15, 0.2) is 0 Å². The van der Waals surface area contributed by atoms with Crippen LogP contribution in [0, 0.1) is 17.3 Å². The first-order valence-corrected chi connectivity index (χ1v) is 8.15. The first kappa shape index (κ1) is 14.3. The molecule has 2 aliphatic carbocycles. The van der Waals surface area contributed by atoms with Crippen molar-refractivity contribution in [2.75, 3.05) is 13.2 Å². The maximum absolute atomic E-state index is 12.4. The normalized spacial score (nSPS) is 33.2. The predicted octanol–water partition coefficient (Wildman–Crippen LogP) is 3.78. The average Bonchev–Trinajstić information content (AvgIpc) is 2.67. The highest BCUT2D eigenvalue weighted by Gasteiger charge is 2.53.